The molecule has 5 nitrogen and oxygen atoms in total. The Kier molecular flexibility index (Phi) is 6.58. The lowest BCUT2D eigenvalue weighted by Gasteiger charge is -2.26. The standard InChI is InChI=1S/C18H23Cl2NO4/c1-11(2)25-15-8-14(12(19)7-13(15)20)21-16(22)9-18(10-17(23)24)5-3-4-6-18/h7-8,11H,3-6,9-10H2,1-2H3,(H,21,22)(H,23,24). The number of hydrogen-bond donors (Lipinski definition) is 2. The predicted octanol–water partition coefficient (Wildman–Crippen LogP) is 5.14. The second kappa shape index (κ2) is 8.28. The minimum absolute atomic E-state index is 0.0104. The smallest absolute Gasteiger partial charge is 0.303 e. The Hall–Kier alpha value is -1.46. The molecule has 1 fully saturated rings. The Morgan fingerprint density at radius 2 is 1.84 bits per heavy atom. The number of aliphatic carboxylic acids is 1. The number of nitrogens with one attached hydrogen (secondary N) is 1. The Bertz CT molecular complexity index is 655. The summed E-state index contributed by atoms with van der Waals surface area (Å²) in [5.74, 6) is -0.674. The predicted molar refractivity (Wildman–Crippen MR) is 98.6 cm³/mol. The van der Waals surface area contributed by atoms with Gasteiger partial charge in [0, 0.05) is 12.5 Å². The van der Waals surface area contributed by atoms with Crippen molar-refractivity contribution in [1.29, 1.82) is 0 Å². The van der Waals surface area contributed by atoms with Crippen LogP contribution in [0.3, 0.4) is 0 Å². The number of anilines is 1. The highest BCUT2D eigenvalue weighted by molar-refractivity contribution is 6.37. The number of halogens is 2. The van der Waals surface area contributed by atoms with E-state index in [-0.39, 0.29) is 24.9 Å². The number of carboxylic acid groups (broad SMARTS) is 1. The van der Waals surface area contributed by atoms with E-state index in [4.69, 9.17) is 33.0 Å². The van der Waals surface area contributed by atoms with E-state index >= 15 is 0 Å². The van der Waals surface area contributed by atoms with Gasteiger partial charge in [-0.2, -0.15) is 0 Å². The van der Waals surface area contributed by atoms with Crippen LogP contribution >= 0.6 is 23.2 Å². The summed E-state index contributed by atoms with van der Waals surface area (Å²) >= 11 is 12.3. The molecule has 1 amide bonds. The van der Waals surface area contributed by atoms with Crippen molar-refractivity contribution in [2.45, 2.75) is 58.5 Å². The molecular formula is C18H23Cl2NO4. The number of carbonyl (C=O) groups excluding carboxylic acids is 1. The molecule has 1 aliphatic rings. The molecule has 2 N–H and O–H groups in total. The largest absolute Gasteiger partial charge is 0.489 e. The second-order valence-corrected chi connectivity index (χ2v) is 7.75. The van der Waals surface area contributed by atoms with Gasteiger partial charge < -0.3 is 15.2 Å². The Balaban J connectivity index is 2.12. The third-order valence-corrected chi connectivity index (χ3v) is 4.99. The maximum atomic E-state index is 12.5. The van der Waals surface area contributed by atoms with Gasteiger partial charge in [-0.15, -0.1) is 0 Å². The fraction of sp³-hybridized carbons (Fsp3) is 0.556. The summed E-state index contributed by atoms with van der Waals surface area (Å²) in [6, 6.07) is 3.13. The van der Waals surface area contributed by atoms with Crippen LogP contribution < -0.4 is 10.1 Å². The molecule has 0 radical (unpaired) electrons. The summed E-state index contributed by atoms with van der Waals surface area (Å²) in [5.41, 5.74) is -0.0540. The minimum Gasteiger partial charge on any atom is -0.489 e. The number of carbonyl (C=O) groups is 2. The number of hydrogen-bond acceptors (Lipinski definition) is 3. The van der Waals surface area contributed by atoms with E-state index in [2.05, 4.69) is 5.32 Å². The number of rotatable bonds is 7. The summed E-state index contributed by atoms with van der Waals surface area (Å²) in [6.07, 6.45) is 3.52. The SMILES string of the molecule is CC(C)Oc1cc(NC(=O)CC2(CC(=O)O)CCCC2)c(Cl)cc1Cl. The zero-order valence-corrected chi connectivity index (χ0v) is 15.9. The van der Waals surface area contributed by atoms with E-state index in [1.165, 1.54) is 6.07 Å². The van der Waals surface area contributed by atoms with Crippen molar-refractivity contribution in [2.75, 3.05) is 5.32 Å². The first kappa shape index (κ1) is 19.9. The molecule has 0 aliphatic heterocycles. The first-order valence-electron chi connectivity index (χ1n) is 8.38. The van der Waals surface area contributed by atoms with Gasteiger partial charge in [0.25, 0.3) is 0 Å². The van der Waals surface area contributed by atoms with Crippen LogP contribution in [0, 0.1) is 5.41 Å². The van der Waals surface area contributed by atoms with Crippen LogP contribution in [0.25, 0.3) is 0 Å². The molecule has 1 saturated carbocycles. The maximum Gasteiger partial charge on any atom is 0.303 e. The second-order valence-electron chi connectivity index (χ2n) is 6.93. The summed E-state index contributed by atoms with van der Waals surface area (Å²) in [4.78, 5) is 23.6. The van der Waals surface area contributed by atoms with Crippen molar-refractivity contribution in [3.05, 3.63) is 22.2 Å². The van der Waals surface area contributed by atoms with Gasteiger partial charge in [0.05, 0.1) is 28.3 Å². The monoisotopic (exact) mass is 387 g/mol. The third kappa shape index (κ3) is 5.51. The van der Waals surface area contributed by atoms with Crippen LogP contribution in [0.4, 0.5) is 5.69 Å². The van der Waals surface area contributed by atoms with E-state index in [1.54, 1.807) is 6.07 Å². The summed E-state index contributed by atoms with van der Waals surface area (Å²) in [7, 11) is 0. The number of benzene rings is 1. The van der Waals surface area contributed by atoms with Gasteiger partial charge in [0.2, 0.25) is 5.91 Å². The molecule has 138 valence electrons. The fourth-order valence-corrected chi connectivity index (χ4v) is 3.84. The van der Waals surface area contributed by atoms with E-state index in [0.717, 1.165) is 25.7 Å². The maximum absolute atomic E-state index is 12.5. The van der Waals surface area contributed by atoms with Crippen molar-refractivity contribution in [3.8, 4) is 5.75 Å². The van der Waals surface area contributed by atoms with Crippen molar-refractivity contribution in [1.82, 2.24) is 0 Å². The number of amides is 1. The average molecular weight is 388 g/mol. The molecule has 7 heteroatoms. The van der Waals surface area contributed by atoms with Gasteiger partial charge in [-0.05, 0) is 38.2 Å². The molecule has 0 bridgehead atoms. The topological polar surface area (TPSA) is 75.6 Å². The quantitative estimate of drug-likeness (QED) is 0.678. The molecule has 1 aromatic carbocycles. The third-order valence-electron chi connectivity index (χ3n) is 4.38. The zero-order chi connectivity index (χ0) is 18.6. The summed E-state index contributed by atoms with van der Waals surface area (Å²) in [5, 5.41) is 12.6. The lowest BCUT2D eigenvalue weighted by molar-refractivity contribution is -0.140. The first-order valence-corrected chi connectivity index (χ1v) is 9.14. The number of carboxylic acids is 1. The lowest BCUT2D eigenvalue weighted by Crippen LogP contribution is -2.27. The summed E-state index contributed by atoms with van der Waals surface area (Å²) < 4.78 is 5.61. The average Bonchev–Trinajstić information content (AvgIpc) is 2.90. The normalized spacial score (nSPS) is 16.0. The van der Waals surface area contributed by atoms with E-state index in [9.17, 15) is 9.59 Å². The van der Waals surface area contributed by atoms with Gasteiger partial charge >= 0.3 is 5.97 Å². The molecule has 0 unspecified atom stereocenters. The van der Waals surface area contributed by atoms with Crippen molar-refractivity contribution < 1.29 is 19.4 Å². The van der Waals surface area contributed by atoms with E-state index in [0.29, 0.717) is 21.5 Å². The van der Waals surface area contributed by atoms with Gasteiger partial charge in [-0.25, -0.2) is 0 Å². The van der Waals surface area contributed by atoms with Crippen LogP contribution in [0.5, 0.6) is 5.75 Å². The molecule has 0 aromatic heterocycles. The lowest BCUT2D eigenvalue weighted by atomic mass is 9.79. The van der Waals surface area contributed by atoms with Crippen molar-refractivity contribution in [2.24, 2.45) is 5.41 Å². The van der Waals surface area contributed by atoms with Gasteiger partial charge in [-0.3, -0.25) is 9.59 Å². The Labute approximate surface area is 157 Å². The van der Waals surface area contributed by atoms with Crippen LogP contribution in [-0.2, 0) is 9.59 Å². The number of ether oxygens (including phenoxy) is 1. The van der Waals surface area contributed by atoms with Crippen LogP contribution in [0.2, 0.25) is 10.0 Å². The van der Waals surface area contributed by atoms with Crippen molar-refractivity contribution in [3.63, 3.8) is 0 Å². The van der Waals surface area contributed by atoms with Gasteiger partial charge in [0.15, 0.2) is 0 Å². The van der Waals surface area contributed by atoms with Gasteiger partial charge in [-0.1, -0.05) is 36.0 Å². The molecule has 0 saturated heterocycles. The molecule has 0 atom stereocenters. The van der Waals surface area contributed by atoms with E-state index < -0.39 is 11.4 Å². The molecule has 1 aromatic rings. The summed E-state index contributed by atoms with van der Waals surface area (Å²) in [6.45, 7) is 3.75. The molecular weight excluding hydrogens is 365 g/mol. The highest BCUT2D eigenvalue weighted by Crippen LogP contribution is 2.44. The zero-order valence-electron chi connectivity index (χ0n) is 14.4. The minimum atomic E-state index is -0.869. The molecule has 0 spiro atoms. The van der Waals surface area contributed by atoms with Crippen LogP contribution in [-0.4, -0.2) is 23.1 Å². The van der Waals surface area contributed by atoms with Crippen molar-refractivity contribution >= 4 is 40.8 Å². The Morgan fingerprint density at radius 1 is 1.20 bits per heavy atom. The molecule has 0 heterocycles. The highest BCUT2D eigenvalue weighted by atomic mass is 35.5. The first-order chi connectivity index (χ1) is 11.7. The van der Waals surface area contributed by atoms with E-state index in [1.807, 2.05) is 13.8 Å². The van der Waals surface area contributed by atoms with Gasteiger partial charge in [0.1, 0.15) is 5.75 Å². The molecule has 2 rings (SSSR count). The Morgan fingerprint density at radius 3 is 2.40 bits per heavy atom. The highest BCUT2D eigenvalue weighted by Gasteiger charge is 2.38. The molecule has 25 heavy (non-hydrogen) atoms. The molecule has 1 aliphatic carbocycles. The van der Waals surface area contributed by atoms with Crippen LogP contribution in [0.15, 0.2) is 12.1 Å². The fourth-order valence-electron chi connectivity index (χ4n) is 3.37. The van der Waals surface area contributed by atoms with Crippen LogP contribution in [0.1, 0.15) is 52.4 Å².